The Hall–Kier alpha value is -0.660. The van der Waals surface area contributed by atoms with Gasteiger partial charge in [0.1, 0.15) is 0 Å². The first-order valence-electron chi connectivity index (χ1n) is 6.85. The van der Waals surface area contributed by atoms with Gasteiger partial charge in [0, 0.05) is 26.7 Å². The summed E-state index contributed by atoms with van der Waals surface area (Å²) in [5.41, 5.74) is 0. The molecule has 1 rings (SSSR count). The molecule has 0 aromatic carbocycles. The van der Waals surface area contributed by atoms with Crippen molar-refractivity contribution in [3.8, 4) is 0 Å². The van der Waals surface area contributed by atoms with Gasteiger partial charge in [0.15, 0.2) is 0 Å². The van der Waals surface area contributed by atoms with Crippen molar-refractivity contribution in [3.05, 3.63) is 0 Å². The molecular weight excluding hydrogens is 268 g/mol. The van der Waals surface area contributed by atoms with E-state index in [0.717, 1.165) is 25.7 Å². The summed E-state index contributed by atoms with van der Waals surface area (Å²) in [5.74, 6) is -0.361. The average molecular weight is 292 g/mol. The quantitative estimate of drug-likeness (QED) is 0.685. The summed E-state index contributed by atoms with van der Waals surface area (Å²) in [6, 6.07) is 0. The SMILES string of the molecule is CCOC(=O)CCN(C)S(=O)(=O)N1CCCCCC1. The molecular formula is C12H24N2O4S. The monoisotopic (exact) mass is 292 g/mol. The van der Waals surface area contributed by atoms with Crippen LogP contribution in [0.25, 0.3) is 0 Å². The summed E-state index contributed by atoms with van der Waals surface area (Å²) in [6.07, 6.45) is 4.07. The van der Waals surface area contributed by atoms with E-state index in [1.807, 2.05) is 0 Å². The largest absolute Gasteiger partial charge is 0.466 e. The van der Waals surface area contributed by atoms with E-state index in [9.17, 15) is 13.2 Å². The zero-order chi connectivity index (χ0) is 14.3. The number of esters is 1. The van der Waals surface area contributed by atoms with Crippen molar-refractivity contribution in [3.63, 3.8) is 0 Å². The Bertz CT molecular complexity index is 375. The molecule has 112 valence electrons. The van der Waals surface area contributed by atoms with Crippen LogP contribution in [0.5, 0.6) is 0 Å². The van der Waals surface area contributed by atoms with Crippen molar-refractivity contribution in [2.24, 2.45) is 0 Å². The highest BCUT2D eigenvalue weighted by molar-refractivity contribution is 7.86. The number of carbonyl (C=O) groups excluding carboxylic acids is 1. The van der Waals surface area contributed by atoms with E-state index in [-0.39, 0.29) is 18.9 Å². The molecule has 0 N–H and O–H groups in total. The van der Waals surface area contributed by atoms with Crippen LogP contribution >= 0.6 is 0 Å². The molecule has 0 amide bonds. The molecule has 0 unspecified atom stereocenters. The molecule has 1 saturated heterocycles. The fraction of sp³-hybridized carbons (Fsp3) is 0.917. The van der Waals surface area contributed by atoms with E-state index in [4.69, 9.17) is 4.74 Å². The Balaban J connectivity index is 2.52. The maximum Gasteiger partial charge on any atom is 0.307 e. The molecule has 7 heteroatoms. The third-order valence-electron chi connectivity index (χ3n) is 3.22. The van der Waals surface area contributed by atoms with Gasteiger partial charge in [-0.05, 0) is 19.8 Å². The van der Waals surface area contributed by atoms with E-state index >= 15 is 0 Å². The zero-order valence-corrected chi connectivity index (χ0v) is 12.6. The summed E-state index contributed by atoms with van der Waals surface area (Å²) in [4.78, 5) is 11.2. The van der Waals surface area contributed by atoms with Gasteiger partial charge in [0.25, 0.3) is 10.2 Å². The van der Waals surface area contributed by atoms with E-state index in [0.29, 0.717) is 19.7 Å². The van der Waals surface area contributed by atoms with Crippen LogP contribution in [0.1, 0.15) is 39.0 Å². The van der Waals surface area contributed by atoms with E-state index < -0.39 is 10.2 Å². The Morgan fingerprint density at radius 1 is 1.21 bits per heavy atom. The van der Waals surface area contributed by atoms with Crippen LogP contribution in [-0.4, -0.2) is 56.3 Å². The van der Waals surface area contributed by atoms with Crippen LogP contribution in [0.15, 0.2) is 0 Å². The average Bonchev–Trinajstić information content (AvgIpc) is 2.65. The third kappa shape index (κ3) is 5.08. The lowest BCUT2D eigenvalue weighted by Gasteiger charge is -2.26. The molecule has 0 bridgehead atoms. The summed E-state index contributed by atoms with van der Waals surface area (Å²) in [6.45, 7) is 3.37. The van der Waals surface area contributed by atoms with Gasteiger partial charge in [-0.25, -0.2) is 0 Å². The summed E-state index contributed by atoms with van der Waals surface area (Å²) in [5, 5.41) is 0. The van der Waals surface area contributed by atoms with E-state index in [1.165, 1.54) is 15.7 Å². The molecule has 1 heterocycles. The standard InChI is InChI=1S/C12H24N2O4S/c1-3-18-12(15)8-11-13(2)19(16,17)14-9-6-4-5-7-10-14/h3-11H2,1-2H3. The first-order valence-corrected chi connectivity index (χ1v) is 8.25. The topological polar surface area (TPSA) is 66.9 Å². The number of carbonyl (C=O) groups is 1. The second-order valence-electron chi connectivity index (χ2n) is 4.70. The first kappa shape index (κ1) is 16.4. The Morgan fingerprint density at radius 3 is 2.32 bits per heavy atom. The lowest BCUT2D eigenvalue weighted by molar-refractivity contribution is -0.143. The molecule has 1 fully saturated rings. The second kappa shape index (κ2) is 7.81. The van der Waals surface area contributed by atoms with E-state index in [1.54, 1.807) is 6.92 Å². The summed E-state index contributed by atoms with van der Waals surface area (Å²) in [7, 11) is -1.92. The van der Waals surface area contributed by atoms with Crippen molar-refractivity contribution < 1.29 is 17.9 Å². The van der Waals surface area contributed by atoms with Crippen molar-refractivity contribution in [2.75, 3.05) is 33.3 Å². The minimum absolute atomic E-state index is 0.0947. The minimum Gasteiger partial charge on any atom is -0.466 e. The molecule has 0 spiro atoms. The van der Waals surface area contributed by atoms with Gasteiger partial charge in [-0.2, -0.15) is 17.0 Å². The van der Waals surface area contributed by atoms with Crippen molar-refractivity contribution >= 4 is 16.2 Å². The number of ether oxygens (including phenoxy) is 1. The van der Waals surface area contributed by atoms with Crippen molar-refractivity contribution in [1.82, 2.24) is 8.61 Å². The highest BCUT2D eigenvalue weighted by atomic mass is 32.2. The Morgan fingerprint density at radius 2 is 1.79 bits per heavy atom. The second-order valence-corrected chi connectivity index (χ2v) is 6.73. The number of rotatable bonds is 6. The fourth-order valence-electron chi connectivity index (χ4n) is 2.07. The molecule has 6 nitrogen and oxygen atoms in total. The highest BCUT2D eigenvalue weighted by Gasteiger charge is 2.27. The van der Waals surface area contributed by atoms with Crippen LogP contribution in [0, 0.1) is 0 Å². The smallest absolute Gasteiger partial charge is 0.307 e. The van der Waals surface area contributed by atoms with Crippen LogP contribution in [0.2, 0.25) is 0 Å². The Labute approximate surface area is 115 Å². The van der Waals surface area contributed by atoms with Gasteiger partial charge in [-0.1, -0.05) is 12.8 Å². The van der Waals surface area contributed by atoms with Crippen LogP contribution in [0.3, 0.4) is 0 Å². The number of hydrogen-bond acceptors (Lipinski definition) is 4. The zero-order valence-electron chi connectivity index (χ0n) is 11.8. The lowest BCUT2D eigenvalue weighted by Crippen LogP contribution is -2.43. The van der Waals surface area contributed by atoms with E-state index in [2.05, 4.69) is 0 Å². The molecule has 1 aliphatic heterocycles. The maximum absolute atomic E-state index is 12.3. The lowest BCUT2D eigenvalue weighted by atomic mass is 10.2. The molecule has 0 atom stereocenters. The predicted octanol–water partition coefficient (Wildman–Crippen LogP) is 0.992. The van der Waals surface area contributed by atoms with Crippen molar-refractivity contribution in [2.45, 2.75) is 39.0 Å². The minimum atomic E-state index is -3.44. The molecule has 0 aromatic rings. The number of hydrogen-bond donors (Lipinski definition) is 0. The summed E-state index contributed by atoms with van der Waals surface area (Å²) < 4.78 is 32.2. The molecule has 1 aliphatic rings. The molecule has 0 aliphatic carbocycles. The van der Waals surface area contributed by atoms with Gasteiger partial charge >= 0.3 is 5.97 Å². The fourth-order valence-corrected chi connectivity index (χ4v) is 3.50. The number of nitrogens with zero attached hydrogens (tertiary/aromatic N) is 2. The maximum atomic E-state index is 12.3. The normalized spacial score (nSPS) is 18.3. The van der Waals surface area contributed by atoms with Gasteiger partial charge in [-0.15, -0.1) is 0 Å². The van der Waals surface area contributed by atoms with Crippen molar-refractivity contribution in [1.29, 1.82) is 0 Å². The van der Waals surface area contributed by atoms with Crippen LogP contribution in [-0.2, 0) is 19.7 Å². The van der Waals surface area contributed by atoms with Crippen LogP contribution < -0.4 is 0 Å². The molecule has 0 radical (unpaired) electrons. The van der Waals surface area contributed by atoms with Gasteiger partial charge in [-0.3, -0.25) is 4.79 Å². The Kier molecular flexibility index (Phi) is 6.74. The first-order chi connectivity index (χ1) is 8.98. The van der Waals surface area contributed by atoms with Gasteiger partial charge in [0.2, 0.25) is 0 Å². The molecule has 19 heavy (non-hydrogen) atoms. The molecule has 0 saturated carbocycles. The highest BCUT2D eigenvalue weighted by Crippen LogP contribution is 2.15. The molecule has 0 aromatic heterocycles. The van der Waals surface area contributed by atoms with Gasteiger partial charge in [0.05, 0.1) is 13.0 Å². The third-order valence-corrected chi connectivity index (χ3v) is 5.21. The van der Waals surface area contributed by atoms with Gasteiger partial charge < -0.3 is 4.74 Å². The predicted molar refractivity (Wildman–Crippen MR) is 72.8 cm³/mol. The summed E-state index contributed by atoms with van der Waals surface area (Å²) >= 11 is 0. The van der Waals surface area contributed by atoms with Crippen LogP contribution in [0.4, 0.5) is 0 Å².